The largest absolute Gasteiger partial charge is 0.508 e. The van der Waals surface area contributed by atoms with Gasteiger partial charge in [0, 0.05) is 20.7 Å². The van der Waals surface area contributed by atoms with Crippen molar-refractivity contribution in [3.63, 3.8) is 0 Å². The second-order valence-corrected chi connectivity index (χ2v) is 8.56. The predicted molar refractivity (Wildman–Crippen MR) is 138 cm³/mol. The third-order valence-corrected chi connectivity index (χ3v) is 5.47. The fourth-order valence-electron chi connectivity index (χ4n) is 3.12. The molecule has 0 saturated carbocycles. The van der Waals surface area contributed by atoms with Gasteiger partial charge < -0.3 is 20.9 Å². The van der Waals surface area contributed by atoms with Gasteiger partial charge in [-0.3, -0.25) is 10.1 Å². The quantitative estimate of drug-likeness (QED) is 0.169. The van der Waals surface area contributed by atoms with Crippen molar-refractivity contribution in [2.24, 2.45) is 5.92 Å². The molecule has 0 fully saturated rings. The number of carbonyl (C=O) groups is 2. The zero-order chi connectivity index (χ0) is 23.8. The minimum Gasteiger partial charge on any atom is -0.508 e. The Kier molecular flexibility index (Phi) is 8.31. The van der Waals surface area contributed by atoms with Crippen LogP contribution >= 0.6 is 22.6 Å². The number of hydrogen-bond donors (Lipinski definition) is 4. The first-order valence-corrected chi connectivity index (χ1v) is 11.3. The van der Waals surface area contributed by atoms with Crippen LogP contribution in [0.15, 0.2) is 84.9 Å². The Labute approximate surface area is 205 Å². The van der Waals surface area contributed by atoms with Gasteiger partial charge in [0.15, 0.2) is 0 Å². The zero-order valence-electron chi connectivity index (χ0n) is 17.9. The Hall–Kier alpha value is -3.53. The molecular weight excluding hydrogens is 533 g/mol. The predicted octanol–water partition coefficient (Wildman–Crippen LogP) is 5.70. The molecule has 3 aromatic rings. The number of nitrogens with one attached hydrogen (secondary N) is 2. The highest BCUT2D eigenvalue weighted by Crippen LogP contribution is 2.34. The molecule has 0 aliphatic carbocycles. The summed E-state index contributed by atoms with van der Waals surface area (Å²) in [6, 6.07) is 20.9. The molecule has 2 atom stereocenters. The van der Waals surface area contributed by atoms with Gasteiger partial charge in [-0.2, -0.15) is 0 Å². The number of halogens is 1. The summed E-state index contributed by atoms with van der Waals surface area (Å²) in [5.41, 5.74) is 7.84. The maximum Gasteiger partial charge on any atom is 0.412 e. The highest BCUT2D eigenvalue weighted by atomic mass is 127. The van der Waals surface area contributed by atoms with Gasteiger partial charge in [0.05, 0.1) is 11.4 Å². The van der Waals surface area contributed by atoms with E-state index in [0.29, 0.717) is 22.6 Å². The van der Waals surface area contributed by atoms with Gasteiger partial charge in [-0.15, -0.1) is 0 Å². The van der Waals surface area contributed by atoms with Gasteiger partial charge in [-0.1, -0.05) is 43.3 Å². The number of para-hydroxylation sites is 3. The summed E-state index contributed by atoms with van der Waals surface area (Å²) in [6.45, 7) is 1.79. The number of nitrogens with two attached hydrogens (primary N) is 1. The Morgan fingerprint density at radius 2 is 1.73 bits per heavy atom. The lowest BCUT2D eigenvalue weighted by Gasteiger charge is -2.23. The van der Waals surface area contributed by atoms with Crippen molar-refractivity contribution >= 4 is 51.7 Å². The van der Waals surface area contributed by atoms with Gasteiger partial charge in [-0.05, 0) is 71.1 Å². The average Bonchev–Trinajstić information content (AvgIpc) is 2.80. The molecule has 0 bridgehead atoms. The van der Waals surface area contributed by atoms with Crippen molar-refractivity contribution in [3.8, 4) is 5.75 Å². The minimum absolute atomic E-state index is 0.00492. The second kappa shape index (κ2) is 11.4. The van der Waals surface area contributed by atoms with E-state index in [-0.39, 0.29) is 11.7 Å². The van der Waals surface area contributed by atoms with Crippen molar-refractivity contribution in [1.82, 2.24) is 0 Å². The number of phenols is 1. The van der Waals surface area contributed by atoms with Gasteiger partial charge in [0.2, 0.25) is 5.91 Å². The maximum absolute atomic E-state index is 12.6. The van der Waals surface area contributed by atoms with Gasteiger partial charge >= 0.3 is 6.09 Å². The molecule has 33 heavy (non-hydrogen) atoms. The smallest absolute Gasteiger partial charge is 0.412 e. The molecule has 0 aliphatic rings. The summed E-state index contributed by atoms with van der Waals surface area (Å²) < 4.78 is 6.56. The van der Waals surface area contributed by atoms with E-state index in [0.717, 1.165) is 3.57 Å². The summed E-state index contributed by atoms with van der Waals surface area (Å²) in [5.74, 6) is -0.816. The van der Waals surface area contributed by atoms with Crippen LogP contribution in [0.25, 0.3) is 0 Å². The molecule has 0 heterocycles. The molecule has 170 valence electrons. The number of ether oxygens (including phenoxy) is 1. The summed E-state index contributed by atoms with van der Waals surface area (Å²) in [6.07, 6.45) is 1.46. The summed E-state index contributed by atoms with van der Waals surface area (Å²) in [5, 5.41) is 15.8. The number of benzene rings is 3. The van der Waals surface area contributed by atoms with Crippen molar-refractivity contribution in [3.05, 3.63) is 94.1 Å². The number of hydrogen-bond acceptors (Lipinski definition) is 5. The Bertz CT molecular complexity index is 1150. The molecule has 2 amide bonds. The van der Waals surface area contributed by atoms with E-state index in [1.165, 1.54) is 6.08 Å². The molecule has 7 nitrogen and oxygen atoms in total. The lowest BCUT2D eigenvalue weighted by atomic mass is 9.96. The van der Waals surface area contributed by atoms with Crippen LogP contribution in [0.5, 0.6) is 5.75 Å². The summed E-state index contributed by atoms with van der Waals surface area (Å²) >= 11 is 2.12. The average molecular weight is 557 g/mol. The van der Waals surface area contributed by atoms with Crippen LogP contribution in [0.1, 0.15) is 18.6 Å². The zero-order valence-corrected chi connectivity index (χ0v) is 20.0. The van der Waals surface area contributed by atoms with Crippen LogP contribution < -0.4 is 16.4 Å². The number of amides is 2. The van der Waals surface area contributed by atoms with E-state index in [1.54, 1.807) is 79.7 Å². The van der Waals surface area contributed by atoms with E-state index in [1.807, 2.05) is 6.07 Å². The summed E-state index contributed by atoms with van der Waals surface area (Å²) in [4.78, 5) is 25.0. The number of phenolic OH excluding ortho intramolecular Hbond substituents is 1. The number of carbonyl (C=O) groups excluding carboxylic acids is 2. The van der Waals surface area contributed by atoms with Crippen LogP contribution in [0.4, 0.5) is 21.9 Å². The highest BCUT2D eigenvalue weighted by molar-refractivity contribution is 14.1. The van der Waals surface area contributed by atoms with E-state index < -0.39 is 18.1 Å². The SMILES string of the molecule is C[C@@H](/C=C/C(=O)Nc1ccccc1N)[C@@H](OC(=O)Nc1ccccc1)c1cc(I)ccc1O. The normalized spacial score (nSPS) is 12.7. The molecule has 3 rings (SSSR count). The molecule has 3 aromatic carbocycles. The van der Waals surface area contributed by atoms with Crippen LogP contribution in [0.2, 0.25) is 0 Å². The van der Waals surface area contributed by atoms with Crippen LogP contribution in [-0.4, -0.2) is 17.1 Å². The van der Waals surface area contributed by atoms with E-state index >= 15 is 0 Å². The lowest BCUT2D eigenvalue weighted by Crippen LogP contribution is -2.21. The van der Waals surface area contributed by atoms with Crippen LogP contribution in [0.3, 0.4) is 0 Å². The van der Waals surface area contributed by atoms with Gasteiger partial charge in [-0.25, -0.2) is 4.79 Å². The number of nitrogen functional groups attached to an aromatic ring is 1. The Morgan fingerprint density at radius 1 is 1.03 bits per heavy atom. The first kappa shape index (κ1) is 24.1. The second-order valence-electron chi connectivity index (χ2n) is 7.31. The van der Waals surface area contributed by atoms with Crippen LogP contribution in [-0.2, 0) is 9.53 Å². The molecule has 0 aromatic heterocycles. The fourth-order valence-corrected chi connectivity index (χ4v) is 3.63. The van der Waals surface area contributed by atoms with Crippen molar-refractivity contribution in [1.29, 1.82) is 0 Å². The third kappa shape index (κ3) is 6.98. The third-order valence-electron chi connectivity index (χ3n) is 4.80. The number of rotatable bonds is 7. The van der Waals surface area contributed by atoms with Crippen LogP contribution in [0, 0.1) is 9.49 Å². The first-order valence-electron chi connectivity index (χ1n) is 10.2. The fraction of sp³-hybridized carbons (Fsp3) is 0.120. The highest BCUT2D eigenvalue weighted by Gasteiger charge is 2.25. The number of anilines is 3. The van der Waals surface area contributed by atoms with Crippen molar-refractivity contribution in [2.75, 3.05) is 16.4 Å². The monoisotopic (exact) mass is 557 g/mol. The molecule has 0 aliphatic heterocycles. The molecule has 8 heteroatoms. The summed E-state index contributed by atoms with van der Waals surface area (Å²) in [7, 11) is 0. The van der Waals surface area contributed by atoms with Crippen molar-refractivity contribution in [2.45, 2.75) is 13.0 Å². The maximum atomic E-state index is 12.6. The van der Waals surface area contributed by atoms with Gasteiger partial charge in [0.25, 0.3) is 0 Å². The first-order chi connectivity index (χ1) is 15.8. The lowest BCUT2D eigenvalue weighted by molar-refractivity contribution is -0.111. The molecule has 0 saturated heterocycles. The molecule has 5 N–H and O–H groups in total. The molecule has 0 unspecified atom stereocenters. The van der Waals surface area contributed by atoms with E-state index in [4.69, 9.17) is 10.5 Å². The molecule has 0 radical (unpaired) electrons. The Morgan fingerprint density at radius 3 is 2.45 bits per heavy atom. The van der Waals surface area contributed by atoms with Crippen molar-refractivity contribution < 1.29 is 19.4 Å². The minimum atomic E-state index is -0.839. The molecular formula is C25H24IN3O4. The number of aromatic hydroxyl groups is 1. The Balaban J connectivity index is 1.78. The van der Waals surface area contributed by atoms with E-state index in [2.05, 4.69) is 33.2 Å². The van der Waals surface area contributed by atoms with Gasteiger partial charge in [0.1, 0.15) is 11.9 Å². The van der Waals surface area contributed by atoms with E-state index in [9.17, 15) is 14.7 Å². The molecule has 0 spiro atoms. The standard InChI is InChI=1S/C25H24IN3O4/c1-16(11-14-23(31)29-21-10-6-5-9-20(21)27)24(19-15-17(26)12-13-22(19)30)33-25(32)28-18-7-3-2-4-8-18/h2-16,24,30H,27H2,1H3,(H,28,32)(H,29,31)/b14-11+/t16-,24+/m0/s1. The topological polar surface area (TPSA) is 114 Å².